The highest BCUT2D eigenvalue weighted by molar-refractivity contribution is 6.33. The Balaban J connectivity index is 2.04. The summed E-state index contributed by atoms with van der Waals surface area (Å²) in [4.78, 5) is 6.47. The first-order valence-corrected chi connectivity index (χ1v) is 7.43. The summed E-state index contributed by atoms with van der Waals surface area (Å²) < 4.78 is 14.3. The van der Waals surface area contributed by atoms with Crippen LogP contribution < -0.4 is 16.4 Å². The second kappa shape index (κ2) is 6.68. The van der Waals surface area contributed by atoms with E-state index in [0.717, 1.165) is 39.3 Å². The molecular weight excluding hydrogens is 293 g/mol. The molecule has 7 heteroatoms. The van der Waals surface area contributed by atoms with Gasteiger partial charge in [0.25, 0.3) is 0 Å². The molecule has 0 saturated carbocycles. The van der Waals surface area contributed by atoms with Crippen molar-refractivity contribution in [2.45, 2.75) is 0 Å². The number of benzene rings is 1. The van der Waals surface area contributed by atoms with Crippen LogP contribution in [0.1, 0.15) is 0 Å². The van der Waals surface area contributed by atoms with Crippen LogP contribution in [0.5, 0.6) is 0 Å². The molecule has 0 radical (unpaired) electrons. The third-order valence-corrected chi connectivity index (χ3v) is 4.17. The van der Waals surface area contributed by atoms with E-state index in [9.17, 15) is 4.39 Å². The quantitative estimate of drug-likeness (QED) is 0.821. The van der Waals surface area contributed by atoms with Gasteiger partial charge < -0.3 is 21.3 Å². The van der Waals surface area contributed by atoms with Crippen LogP contribution in [0.15, 0.2) is 6.07 Å². The number of nitrogens with two attached hydrogens (primary N) is 2. The first-order valence-electron chi connectivity index (χ1n) is 7.05. The normalized spacial score (nSPS) is 16.7. The highest BCUT2D eigenvalue weighted by atomic mass is 35.5. The van der Waals surface area contributed by atoms with Gasteiger partial charge in [-0.15, -0.1) is 0 Å². The molecule has 0 bridgehead atoms. The van der Waals surface area contributed by atoms with Crippen LogP contribution in [0.2, 0.25) is 5.02 Å². The van der Waals surface area contributed by atoms with Crippen LogP contribution in [0, 0.1) is 5.82 Å². The smallest absolute Gasteiger partial charge is 0.169 e. The van der Waals surface area contributed by atoms with Gasteiger partial charge in [0.15, 0.2) is 5.82 Å². The molecule has 0 amide bonds. The Hall–Kier alpha value is -1.24. The van der Waals surface area contributed by atoms with Crippen LogP contribution in [-0.4, -0.2) is 63.2 Å². The van der Waals surface area contributed by atoms with E-state index >= 15 is 0 Å². The largest absolute Gasteiger partial charge is 0.397 e. The number of likely N-dealkylation sites (N-methyl/N-ethyl adjacent to an activating group) is 1. The molecule has 1 aliphatic heterocycles. The maximum Gasteiger partial charge on any atom is 0.169 e. The van der Waals surface area contributed by atoms with E-state index in [1.807, 2.05) is 4.90 Å². The lowest BCUT2D eigenvalue weighted by Crippen LogP contribution is -2.48. The summed E-state index contributed by atoms with van der Waals surface area (Å²) in [7, 11) is 4.12. The van der Waals surface area contributed by atoms with Crippen molar-refractivity contribution in [3.05, 3.63) is 16.9 Å². The molecule has 5 nitrogen and oxygen atoms in total. The van der Waals surface area contributed by atoms with Crippen molar-refractivity contribution in [2.75, 3.05) is 69.7 Å². The second-order valence-corrected chi connectivity index (χ2v) is 6.04. The number of piperazine rings is 1. The minimum Gasteiger partial charge on any atom is -0.397 e. The number of rotatable bonds is 4. The molecule has 1 aromatic rings. The fraction of sp³-hybridized carbons (Fsp3) is 0.571. The number of hydrogen-bond donors (Lipinski definition) is 2. The van der Waals surface area contributed by atoms with E-state index < -0.39 is 5.82 Å². The Labute approximate surface area is 130 Å². The molecule has 4 N–H and O–H groups in total. The zero-order chi connectivity index (χ0) is 15.6. The number of nitrogen functional groups attached to an aromatic ring is 2. The predicted octanol–water partition coefficient (Wildman–Crippen LogP) is 1.33. The molecule has 0 unspecified atom stereocenters. The first kappa shape index (κ1) is 16.1. The molecule has 1 aromatic carbocycles. The van der Waals surface area contributed by atoms with Gasteiger partial charge in [-0.1, -0.05) is 11.6 Å². The van der Waals surface area contributed by atoms with Crippen molar-refractivity contribution in [3.8, 4) is 0 Å². The molecule has 0 aromatic heterocycles. The lowest BCUT2D eigenvalue weighted by atomic mass is 10.2. The summed E-state index contributed by atoms with van der Waals surface area (Å²) in [5.41, 5.74) is 12.4. The molecule has 21 heavy (non-hydrogen) atoms. The number of hydrogen-bond acceptors (Lipinski definition) is 5. The molecule has 2 rings (SSSR count). The zero-order valence-corrected chi connectivity index (χ0v) is 13.3. The van der Waals surface area contributed by atoms with Crippen molar-refractivity contribution in [1.29, 1.82) is 0 Å². The molecular formula is C14H23ClFN5. The van der Waals surface area contributed by atoms with Gasteiger partial charge >= 0.3 is 0 Å². The van der Waals surface area contributed by atoms with Crippen molar-refractivity contribution < 1.29 is 4.39 Å². The van der Waals surface area contributed by atoms with E-state index in [1.54, 1.807) is 0 Å². The Kier molecular flexibility index (Phi) is 5.13. The maximum absolute atomic E-state index is 14.3. The van der Waals surface area contributed by atoms with Crippen LogP contribution in [-0.2, 0) is 0 Å². The SMILES string of the molecule is CN(C)CCN1CCN(c2c(N)cc(N)c(Cl)c2F)CC1. The van der Waals surface area contributed by atoms with Gasteiger partial charge in [0.1, 0.15) is 5.02 Å². The van der Waals surface area contributed by atoms with Crippen LogP contribution in [0.3, 0.4) is 0 Å². The van der Waals surface area contributed by atoms with E-state index in [0.29, 0.717) is 11.4 Å². The third kappa shape index (κ3) is 3.70. The molecule has 0 atom stereocenters. The Bertz CT molecular complexity index is 501. The van der Waals surface area contributed by atoms with Crippen LogP contribution in [0.4, 0.5) is 21.5 Å². The van der Waals surface area contributed by atoms with E-state index in [1.165, 1.54) is 6.07 Å². The standard InChI is InChI=1S/C14H23ClFN5/c1-19(2)3-4-20-5-7-21(8-6-20)14-11(18)9-10(17)12(15)13(14)16/h9H,3-8,17-18H2,1-2H3. The lowest BCUT2D eigenvalue weighted by molar-refractivity contribution is 0.229. The molecule has 1 heterocycles. The molecule has 0 aliphatic carbocycles. The minimum absolute atomic E-state index is 0.0470. The summed E-state index contributed by atoms with van der Waals surface area (Å²) in [5.74, 6) is -0.518. The fourth-order valence-electron chi connectivity index (χ4n) is 2.51. The first-order chi connectivity index (χ1) is 9.90. The Morgan fingerprint density at radius 2 is 1.81 bits per heavy atom. The summed E-state index contributed by atoms with van der Waals surface area (Å²) in [6.07, 6.45) is 0. The molecule has 1 saturated heterocycles. The van der Waals surface area contributed by atoms with Crippen LogP contribution in [0.25, 0.3) is 0 Å². The van der Waals surface area contributed by atoms with Gasteiger partial charge in [-0.05, 0) is 20.2 Å². The monoisotopic (exact) mass is 315 g/mol. The van der Waals surface area contributed by atoms with Gasteiger partial charge in [0.2, 0.25) is 0 Å². The average Bonchev–Trinajstić information content (AvgIpc) is 2.44. The van der Waals surface area contributed by atoms with Gasteiger partial charge in [-0.3, -0.25) is 4.90 Å². The topological polar surface area (TPSA) is 61.8 Å². The maximum atomic E-state index is 14.3. The van der Waals surface area contributed by atoms with E-state index in [-0.39, 0.29) is 10.7 Å². The highest BCUT2D eigenvalue weighted by Gasteiger charge is 2.23. The van der Waals surface area contributed by atoms with Gasteiger partial charge in [0, 0.05) is 39.3 Å². The Morgan fingerprint density at radius 3 is 2.38 bits per heavy atom. The summed E-state index contributed by atoms with van der Waals surface area (Å²) >= 11 is 5.89. The third-order valence-electron chi connectivity index (χ3n) is 3.79. The molecule has 118 valence electrons. The van der Waals surface area contributed by atoms with E-state index in [2.05, 4.69) is 23.9 Å². The number of anilines is 3. The van der Waals surface area contributed by atoms with Gasteiger partial charge in [-0.2, -0.15) is 0 Å². The zero-order valence-electron chi connectivity index (χ0n) is 12.6. The van der Waals surface area contributed by atoms with E-state index in [4.69, 9.17) is 23.1 Å². The number of nitrogens with zero attached hydrogens (tertiary/aromatic N) is 3. The van der Waals surface area contributed by atoms with Gasteiger partial charge in [-0.25, -0.2) is 4.39 Å². The molecule has 1 fully saturated rings. The Morgan fingerprint density at radius 1 is 1.19 bits per heavy atom. The van der Waals surface area contributed by atoms with Crippen molar-refractivity contribution in [1.82, 2.24) is 9.80 Å². The van der Waals surface area contributed by atoms with Crippen LogP contribution >= 0.6 is 11.6 Å². The van der Waals surface area contributed by atoms with Crippen molar-refractivity contribution in [3.63, 3.8) is 0 Å². The van der Waals surface area contributed by atoms with Crippen molar-refractivity contribution >= 4 is 28.7 Å². The average molecular weight is 316 g/mol. The van der Waals surface area contributed by atoms with Gasteiger partial charge in [0.05, 0.1) is 17.1 Å². The summed E-state index contributed by atoms with van der Waals surface area (Å²) in [6, 6.07) is 1.53. The lowest BCUT2D eigenvalue weighted by Gasteiger charge is -2.37. The summed E-state index contributed by atoms with van der Waals surface area (Å²) in [6.45, 7) is 5.26. The van der Waals surface area contributed by atoms with Crippen molar-refractivity contribution in [2.24, 2.45) is 0 Å². The fourth-order valence-corrected chi connectivity index (χ4v) is 2.66. The predicted molar refractivity (Wildman–Crippen MR) is 87.4 cm³/mol. The summed E-state index contributed by atoms with van der Waals surface area (Å²) in [5, 5.41) is -0.0470. The molecule has 0 spiro atoms. The second-order valence-electron chi connectivity index (χ2n) is 5.66. The minimum atomic E-state index is -0.518. The molecule has 1 aliphatic rings. The highest BCUT2D eigenvalue weighted by Crippen LogP contribution is 2.36. The number of halogens is 2.